The van der Waals surface area contributed by atoms with Crippen LogP contribution in [0, 0.1) is 0 Å². The molecule has 0 saturated heterocycles. The zero-order chi connectivity index (χ0) is 17.8. The molecule has 2 aromatic heterocycles. The molecule has 2 heterocycles. The summed E-state index contributed by atoms with van der Waals surface area (Å²) in [4.78, 5) is 20.4. The molecule has 2 aromatic carbocycles. The number of benzene rings is 2. The van der Waals surface area contributed by atoms with Crippen molar-refractivity contribution >= 4 is 5.91 Å². The lowest BCUT2D eigenvalue weighted by Gasteiger charge is -2.03. The third-order valence-corrected chi connectivity index (χ3v) is 3.76. The Balaban J connectivity index is 1.39. The Bertz CT molecular complexity index is 993. The topological polar surface area (TPSA) is 94.1 Å². The van der Waals surface area contributed by atoms with Gasteiger partial charge in [0.15, 0.2) is 18.0 Å². The van der Waals surface area contributed by atoms with Crippen LogP contribution in [0.25, 0.3) is 22.8 Å². The van der Waals surface area contributed by atoms with Gasteiger partial charge in [0.25, 0.3) is 11.8 Å². The van der Waals surface area contributed by atoms with E-state index in [4.69, 9.17) is 8.94 Å². The fourth-order valence-electron chi connectivity index (χ4n) is 2.43. The van der Waals surface area contributed by atoms with Gasteiger partial charge in [-0.3, -0.25) is 4.79 Å². The molecule has 7 heteroatoms. The normalized spacial score (nSPS) is 10.6. The van der Waals surface area contributed by atoms with Gasteiger partial charge in [0.05, 0.1) is 12.7 Å². The van der Waals surface area contributed by atoms with Gasteiger partial charge in [-0.2, -0.15) is 4.98 Å². The van der Waals surface area contributed by atoms with Crippen molar-refractivity contribution in [2.75, 3.05) is 0 Å². The highest BCUT2D eigenvalue weighted by atomic mass is 16.5. The number of aromatic nitrogens is 3. The van der Waals surface area contributed by atoms with Gasteiger partial charge >= 0.3 is 0 Å². The Morgan fingerprint density at radius 1 is 1.00 bits per heavy atom. The van der Waals surface area contributed by atoms with E-state index in [1.54, 1.807) is 30.5 Å². The summed E-state index contributed by atoms with van der Waals surface area (Å²) in [6.07, 6.45) is 2.99. The molecule has 0 aliphatic carbocycles. The Morgan fingerprint density at radius 2 is 1.81 bits per heavy atom. The van der Waals surface area contributed by atoms with Crippen LogP contribution >= 0.6 is 0 Å². The summed E-state index contributed by atoms with van der Waals surface area (Å²) in [6, 6.07) is 16.5. The minimum absolute atomic E-state index is 0.180. The SMILES string of the molecule is O=C(NCc1noc(-c2ccccc2)n1)c1ccc(-c2cnco2)cc1. The number of rotatable bonds is 5. The minimum Gasteiger partial charge on any atom is -0.444 e. The average molecular weight is 346 g/mol. The number of oxazole rings is 1. The summed E-state index contributed by atoms with van der Waals surface area (Å²) in [5.41, 5.74) is 2.21. The number of amides is 1. The number of hydrogen-bond acceptors (Lipinski definition) is 6. The summed E-state index contributed by atoms with van der Waals surface area (Å²) in [5.74, 6) is 1.26. The van der Waals surface area contributed by atoms with Crippen molar-refractivity contribution in [3.05, 3.63) is 78.6 Å². The number of carbonyl (C=O) groups excluding carboxylic acids is 1. The summed E-state index contributed by atoms with van der Waals surface area (Å²) >= 11 is 0. The second-order valence-electron chi connectivity index (χ2n) is 5.51. The van der Waals surface area contributed by atoms with E-state index in [1.807, 2.05) is 30.3 Å². The molecule has 0 spiro atoms. The lowest BCUT2D eigenvalue weighted by Crippen LogP contribution is -2.23. The molecule has 0 bridgehead atoms. The fraction of sp³-hybridized carbons (Fsp3) is 0.0526. The maximum Gasteiger partial charge on any atom is 0.257 e. The predicted octanol–water partition coefficient (Wildman–Crippen LogP) is 3.32. The highest BCUT2D eigenvalue weighted by molar-refractivity contribution is 5.94. The zero-order valence-electron chi connectivity index (χ0n) is 13.6. The zero-order valence-corrected chi connectivity index (χ0v) is 13.6. The predicted molar refractivity (Wildman–Crippen MR) is 92.8 cm³/mol. The highest BCUT2D eigenvalue weighted by Gasteiger charge is 2.11. The standard InChI is InChI=1S/C19H14N4O3/c24-18(14-8-6-13(7-9-14)16-10-20-12-25-16)21-11-17-22-19(26-23-17)15-4-2-1-3-5-15/h1-10,12H,11H2,(H,21,24). The van der Waals surface area contributed by atoms with Gasteiger partial charge in [-0.05, 0) is 24.3 Å². The summed E-state index contributed by atoms with van der Waals surface area (Å²) in [6.45, 7) is 0.180. The van der Waals surface area contributed by atoms with Gasteiger partial charge in [0, 0.05) is 16.7 Å². The van der Waals surface area contributed by atoms with E-state index in [0.29, 0.717) is 23.0 Å². The molecule has 1 N–H and O–H groups in total. The van der Waals surface area contributed by atoms with Crippen molar-refractivity contribution in [3.63, 3.8) is 0 Å². The second-order valence-corrected chi connectivity index (χ2v) is 5.51. The Kier molecular flexibility index (Phi) is 4.26. The lowest BCUT2D eigenvalue weighted by atomic mass is 10.1. The van der Waals surface area contributed by atoms with E-state index in [0.717, 1.165) is 11.1 Å². The largest absolute Gasteiger partial charge is 0.444 e. The van der Waals surface area contributed by atoms with Crippen molar-refractivity contribution in [1.29, 1.82) is 0 Å². The van der Waals surface area contributed by atoms with Crippen molar-refractivity contribution < 1.29 is 13.7 Å². The smallest absolute Gasteiger partial charge is 0.257 e. The maximum absolute atomic E-state index is 12.3. The molecule has 1 amide bonds. The van der Waals surface area contributed by atoms with Crippen LogP contribution in [-0.2, 0) is 6.54 Å². The van der Waals surface area contributed by atoms with Crippen molar-refractivity contribution in [1.82, 2.24) is 20.4 Å². The molecule has 0 radical (unpaired) electrons. The van der Waals surface area contributed by atoms with Gasteiger partial charge < -0.3 is 14.3 Å². The minimum atomic E-state index is -0.222. The van der Waals surface area contributed by atoms with Gasteiger partial charge in [0.2, 0.25) is 0 Å². The average Bonchev–Trinajstić information content (AvgIpc) is 3.39. The molecule has 0 unspecified atom stereocenters. The van der Waals surface area contributed by atoms with E-state index in [-0.39, 0.29) is 12.5 Å². The number of nitrogens with one attached hydrogen (secondary N) is 1. The molecule has 26 heavy (non-hydrogen) atoms. The monoisotopic (exact) mass is 346 g/mol. The molecule has 0 atom stereocenters. The third-order valence-electron chi connectivity index (χ3n) is 3.76. The van der Waals surface area contributed by atoms with Gasteiger partial charge in [-0.1, -0.05) is 35.5 Å². The van der Waals surface area contributed by atoms with Crippen LogP contribution in [0.4, 0.5) is 0 Å². The number of hydrogen-bond donors (Lipinski definition) is 1. The molecule has 0 aliphatic rings. The van der Waals surface area contributed by atoms with E-state index in [9.17, 15) is 4.79 Å². The molecular weight excluding hydrogens is 332 g/mol. The first kappa shape index (κ1) is 15.8. The Morgan fingerprint density at radius 3 is 2.54 bits per heavy atom. The third kappa shape index (κ3) is 3.36. The van der Waals surface area contributed by atoms with Crippen molar-refractivity contribution in [2.45, 2.75) is 6.54 Å². The van der Waals surface area contributed by atoms with Crippen LogP contribution in [0.3, 0.4) is 0 Å². The first-order chi connectivity index (χ1) is 12.8. The van der Waals surface area contributed by atoms with Gasteiger partial charge in [0.1, 0.15) is 0 Å². The van der Waals surface area contributed by atoms with Crippen LogP contribution in [0.15, 0.2) is 76.1 Å². The Hall–Kier alpha value is -3.74. The number of nitrogens with zero attached hydrogens (tertiary/aromatic N) is 3. The van der Waals surface area contributed by atoms with Gasteiger partial charge in [-0.25, -0.2) is 4.98 Å². The number of carbonyl (C=O) groups is 1. The summed E-state index contributed by atoms with van der Waals surface area (Å²) in [5, 5.41) is 6.66. The van der Waals surface area contributed by atoms with E-state index >= 15 is 0 Å². The molecular formula is C19H14N4O3. The summed E-state index contributed by atoms with van der Waals surface area (Å²) in [7, 11) is 0. The molecule has 0 aliphatic heterocycles. The lowest BCUT2D eigenvalue weighted by molar-refractivity contribution is 0.0949. The Labute approximate surface area is 148 Å². The molecule has 0 fully saturated rings. The first-order valence-corrected chi connectivity index (χ1v) is 7.95. The van der Waals surface area contributed by atoms with E-state index in [1.165, 1.54) is 6.39 Å². The van der Waals surface area contributed by atoms with Crippen LogP contribution in [0.2, 0.25) is 0 Å². The van der Waals surface area contributed by atoms with Gasteiger partial charge in [-0.15, -0.1) is 0 Å². The fourth-order valence-corrected chi connectivity index (χ4v) is 2.43. The quantitative estimate of drug-likeness (QED) is 0.596. The summed E-state index contributed by atoms with van der Waals surface area (Å²) < 4.78 is 10.4. The molecule has 0 saturated carbocycles. The molecule has 4 rings (SSSR count). The second kappa shape index (κ2) is 7.02. The van der Waals surface area contributed by atoms with Crippen LogP contribution in [-0.4, -0.2) is 21.0 Å². The molecule has 128 valence electrons. The van der Waals surface area contributed by atoms with Crippen LogP contribution in [0.1, 0.15) is 16.2 Å². The van der Waals surface area contributed by atoms with Crippen molar-refractivity contribution in [2.24, 2.45) is 0 Å². The van der Waals surface area contributed by atoms with E-state index < -0.39 is 0 Å². The highest BCUT2D eigenvalue weighted by Crippen LogP contribution is 2.19. The van der Waals surface area contributed by atoms with Crippen LogP contribution < -0.4 is 5.32 Å². The maximum atomic E-state index is 12.3. The van der Waals surface area contributed by atoms with E-state index in [2.05, 4.69) is 20.4 Å². The molecule has 4 aromatic rings. The van der Waals surface area contributed by atoms with Crippen LogP contribution in [0.5, 0.6) is 0 Å². The first-order valence-electron chi connectivity index (χ1n) is 7.95. The molecule has 7 nitrogen and oxygen atoms in total. The van der Waals surface area contributed by atoms with Crippen molar-refractivity contribution in [3.8, 4) is 22.8 Å².